The van der Waals surface area contributed by atoms with Crippen molar-refractivity contribution in [2.24, 2.45) is 5.28 Å². The zero-order valence-electron chi connectivity index (χ0n) is 7.97. The van der Waals surface area contributed by atoms with Crippen molar-refractivity contribution >= 4 is 11.6 Å². The Kier molecular flexibility index (Phi) is 4.21. The van der Waals surface area contributed by atoms with Gasteiger partial charge in [-0.3, -0.25) is 0 Å². The molecular weight excluding hydrogens is 210 g/mol. The largest absolute Gasteiger partial charge is 0.569 e. The van der Waals surface area contributed by atoms with E-state index in [0.29, 0.717) is 11.5 Å². The minimum atomic E-state index is -0.637. The molecule has 0 saturated carbocycles. The van der Waals surface area contributed by atoms with Crippen molar-refractivity contribution in [2.75, 3.05) is 13.2 Å². The molecule has 1 N–H and O–H groups in total. The van der Waals surface area contributed by atoms with Crippen LogP contribution in [0.15, 0.2) is 5.28 Å². The van der Waals surface area contributed by atoms with E-state index in [1.807, 2.05) is 0 Å². The van der Waals surface area contributed by atoms with Gasteiger partial charge in [-0.2, -0.15) is 0 Å². The highest BCUT2D eigenvalue weighted by Gasteiger charge is 2.30. The lowest BCUT2D eigenvalue weighted by Gasteiger charge is -2.17. The smallest absolute Gasteiger partial charge is 0.234 e. The second-order valence-corrected chi connectivity index (χ2v) is 3.74. The Balaban J connectivity index is 2.50. The van der Waals surface area contributed by atoms with Gasteiger partial charge in [0.25, 0.3) is 0 Å². The van der Waals surface area contributed by atoms with Crippen molar-refractivity contribution in [1.82, 2.24) is 5.01 Å². The van der Waals surface area contributed by atoms with Crippen LogP contribution in [0.3, 0.4) is 0 Å². The van der Waals surface area contributed by atoms with E-state index in [1.165, 1.54) is 5.01 Å². The number of alkyl halides is 1. The zero-order chi connectivity index (χ0) is 10.6. The Morgan fingerprint density at radius 2 is 2.57 bits per heavy atom. The lowest BCUT2D eigenvalue weighted by atomic mass is 10.2. The maximum Gasteiger partial charge on any atom is 0.234 e. The maximum absolute atomic E-state index is 11.3. The molecule has 0 spiro atoms. The van der Waals surface area contributed by atoms with Crippen molar-refractivity contribution in [3.05, 3.63) is 5.21 Å². The molecule has 1 rings (SSSR count). The van der Waals surface area contributed by atoms with Gasteiger partial charge in [-0.25, -0.2) is 0 Å². The number of aliphatic hydroxyl groups is 1. The first-order valence-electron chi connectivity index (χ1n) is 4.50. The lowest BCUT2D eigenvalue weighted by molar-refractivity contribution is -0.715. The Morgan fingerprint density at radius 3 is 3.14 bits per heavy atom. The van der Waals surface area contributed by atoms with Crippen molar-refractivity contribution in [3.8, 4) is 0 Å². The number of halogens is 1. The molecule has 0 aromatic heterocycles. The first kappa shape index (κ1) is 11.3. The topological polar surface area (TPSA) is 71.1 Å². The second kappa shape index (κ2) is 5.21. The average molecular weight is 224 g/mol. The number of aliphatic hydroxyl groups excluding tert-OH is 1. The first-order chi connectivity index (χ1) is 6.65. The van der Waals surface area contributed by atoms with Crippen molar-refractivity contribution in [3.63, 3.8) is 0 Å². The van der Waals surface area contributed by atoms with E-state index in [9.17, 15) is 5.21 Å². The monoisotopic (exact) mass is 223 g/mol. The number of nitrogens with zero attached hydrogens (tertiary/aromatic N) is 3. The summed E-state index contributed by atoms with van der Waals surface area (Å²) in [5.41, 5.74) is -0.637. The highest BCUT2D eigenvalue weighted by molar-refractivity contribution is 6.19. The predicted molar refractivity (Wildman–Crippen MR) is 49.3 cm³/mol. The van der Waals surface area contributed by atoms with Crippen molar-refractivity contribution < 1.29 is 14.9 Å². The van der Waals surface area contributed by atoms with Crippen LogP contribution in [0.25, 0.3) is 0 Å². The number of hydrazine groups is 1. The molecule has 7 heteroatoms. The summed E-state index contributed by atoms with van der Waals surface area (Å²) in [7, 11) is 0. The van der Waals surface area contributed by atoms with Gasteiger partial charge in [0, 0.05) is 0 Å². The lowest BCUT2D eigenvalue weighted by Crippen LogP contribution is -2.37. The molecule has 0 aromatic rings. The van der Waals surface area contributed by atoms with E-state index in [2.05, 4.69) is 10.1 Å². The molecule has 6 nitrogen and oxygen atoms in total. The fraction of sp³-hybridized carbons (Fsp3) is 1.00. The third-order valence-electron chi connectivity index (χ3n) is 2.04. The van der Waals surface area contributed by atoms with Crippen LogP contribution in [0.2, 0.25) is 0 Å². The van der Waals surface area contributed by atoms with Gasteiger partial charge in [-0.1, -0.05) is 11.6 Å². The molecule has 14 heavy (non-hydrogen) atoms. The van der Waals surface area contributed by atoms with Gasteiger partial charge in [-0.05, 0) is 19.8 Å². The Morgan fingerprint density at radius 1 is 1.86 bits per heavy atom. The van der Waals surface area contributed by atoms with Crippen LogP contribution in [-0.2, 0) is 4.84 Å². The van der Waals surface area contributed by atoms with Crippen molar-refractivity contribution in [2.45, 2.75) is 31.4 Å². The molecular formula is C7H14ClN3O3. The SMILES string of the molecule is CC(Cl)O/N=[N+](\[O-])N1CCC[C@H]1CO. The standard InChI is InChI=1S/C7H14ClN3O3/c1-6(8)14-9-11(13)10-4-2-3-7(10)5-12/h6-7,12H,2-5H2,1H3/b11-9-/t6?,7-/m0/s1. The Bertz CT molecular complexity index is 212. The van der Waals surface area contributed by atoms with Crippen LogP contribution in [-0.4, -0.2) is 39.8 Å². The maximum atomic E-state index is 11.3. The highest BCUT2D eigenvalue weighted by Crippen LogP contribution is 2.16. The van der Waals surface area contributed by atoms with E-state index < -0.39 is 5.56 Å². The zero-order valence-corrected chi connectivity index (χ0v) is 8.72. The molecule has 2 atom stereocenters. The Hall–Kier alpha value is -0.750. The summed E-state index contributed by atoms with van der Waals surface area (Å²) in [5.74, 6) is 0. The van der Waals surface area contributed by atoms with Crippen LogP contribution in [0.4, 0.5) is 0 Å². The molecule has 0 bridgehead atoms. The molecule has 1 aliphatic rings. The quantitative estimate of drug-likeness (QED) is 0.332. The summed E-state index contributed by atoms with van der Waals surface area (Å²) in [4.78, 5) is 4.94. The second-order valence-electron chi connectivity index (χ2n) is 3.12. The van der Waals surface area contributed by atoms with E-state index in [-0.39, 0.29) is 12.6 Å². The molecule has 1 unspecified atom stereocenters. The number of hydrogen-bond acceptors (Lipinski definition) is 4. The minimum Gasteiger partial charge on any atom is -0.569 e. The van der Waals surface area contributed by atoms with Crippen LogP contribution >= 0.6 is 11.6 Å². The van der Waals surface area contributed by atoms with Crippen LogP contribution in [0.1, 0.15) is 19.8 Å². The highest BCUT2D eigenvalue weighted by atomic mass is 35.5. The molecule has 0 aliphatic carbocycles. The fourth-order valence-electron chi connectivity index (χ4n) is 1.38. The van der Waals surface area contributed by atoms with E-state index in [1.54, 1.807) is 6.92 Å². The van der Waals surface area contributed by atoms with E-state index in [0.717, 1.165) is 12.8 Å². The van der Waals surface area contributed by atoms with E-state index in [4.69, 9.17) is 16.7 Å². The summed E-state index contributed by atoms with van der Waals surface area (Å²) in [6, 6.07) is -0.162. The fourth-order valence-corrected chi connectivity index (χ4v) is 1.42. The van der Waals surface area contributed by atoms with Crippen LogP contribution in [0, 0.1) is 5.21 Å². The molecule has 1 fully saturated rings. The molecule has 0 amide bonds. The summed E-state index contributed by atoms with van der Waals surface area (Å²) >= 11 is 5.45. The van der Waals surface area contributed by atoms with Gasteiger partial charge in [0.2, 0.25) is 10.8 Å². The number of hydrogen-bond donors (Lipinski definition) is 1. The van der Waals surface area contributed by atoms with Crippen LogP contribution < -0.4 is 0 Å². The van der Waals surface area contributed by atoms with Gasteiger partial charge in [0.05, 0.1) is 18.1 Å². The van der Waals surface area contributed by atoms with E-state index >= 15 is 0 Å². The third kappa shape index (κ3) is 2.88. The average Bonchev–Trinajstić information content (AvgIpc) is 2.61. The Labute approximate surface area is 87.2 Å². The van der Waals surface area contributed by atoms with Gasteiger partial charge in [0.1, 0.15) is 6.04 Å². The van der Waals surface area contributed by atoms with Gasteiger partial charge >= 0.3 is 0 Å². The van der Waals surface area contributed by atoms with Gasteiger partial charge in [-0.15, -0.1) is 5.01 Å². The van der Waals surface area contributed by atoms with Gasteiger partial charge < -0.3 is 15.2 Å². The summed E-state index contributed by atoms with van der Waals surface area (Å²) in [5, 5.41) is 24.9. The normalized spacial score (nSPS) is 25.2. The van der Waals surface area contributed by atoms with Crippen molar-refractivity contribution in [1.29, 1.82) is 0 Å². The summed E-state index contributed by atoms with van der Waals surface area (Å²) in [6.45, 7) is 2.09. The molecule has 1 aliphatic heterocycles. The molecule has 0 radical (unpaired) electrons. The van der Waals surface area contributed by atoms with Crippen LogP contribution in [0.5, 0.6) is 0 Å². The molecule has 1 heterocycles. The predicted octanol–water partition coefficient (Wildman–Crippen LogP) is 0.837. The molecule has 0 aromatic carbocycles. The first-order valence-corrected chi connectivity index (χ1v) is 4.94. The minimum absolute atomic E-state index is 0.0509. The number of rotatable bonds is 4. The summed E-state index contributed by atoms with van der Waals surface area (Å²) in [6.07, 6.45) is 1.66. The summed E-state index contributed by atoms with van der Waals surface area (Å²) < 4.78 is 0. The molecule has 1 saturated heterocycles. The third-order valence-corrected chi connectivity index (χ3v) is 2.12. The van der Waals surface area contributed by atoms with Gasteiger partial charge in [0.15, 0.2) is 0 Å². The molecule has 82 valence electrons.